The molecule has 0 aromatic carbocycles. The zero-order chi connectivity index (χ0) is 10.0. The maximum absolute atomic E-state index is 12.2. The van der Waals surface area contributed by atoms with E-state index in [1.54, 1.807) is 0 Å². The van der Waals surface area contributed by atoms with E-state index in [9.17, 15) is 8.78 Å². The van der Waals surface area contributed by atoms with Crippen LogP contribution in [0.25, 0.3) is 0 Å². The van der Waals surface area contributed by atoms with E-state index < -0.39 is 6.43 Å². The highest BCUT2D eigenvalue weighted by atomic mass is 19.3. The van der Waals surface area contributed by atoms with Crippen LogP contribution >= 0.6 is 0 Å². The van der Waals surface area contributed by atoms with Crippen LogP contribution in [0, 0.1) is 0 Å². The van der Waals surface area contributed by atoms with Crippen LogP contribution in [0.4, 0.5) is 8.78 Å². The molecule has 1 aromatic rings. The van der Waals surface area contributed by atoms with Gasteiger partial charge in [-0.2, -0.15) is 5.10 Å². The Kier molecular flexibility index (Phi) is 2.98. The molecule has 0 radical (unpaired) electrons. The normalized spacial score (nSPS) is 11.6. The molecule has 0 saturated heterocycles. The smallest absolute Gasteiger partial charge is 0.282 e. The maximum atomic E-state index is 12.2. The summed E-state index contributed by atoms with van der Waals surface area (Å²) in [5, 5.41) is 3.77. The lowest BCUT2D eigenvalue weighted by Gasteiger charge is -2.08. The summed E-state index contributed by atoms with van der Waals surface area (Å²) in [4.78, 5) is 0. The van der Waals surface area contributed by atoms with Crippen LogP contribution in [-0.2, 0) is 6.54 Å². The fourth-order valence-electron chi connectivity index (χ4n) is 1.16. The predicted octanol–water partition coefficient (Wildman–Crippen LogP) is 1.86. The summed E-state index contributed by atoms with van der Waals surface area (Å²) in [5.74, 6) is 0. The molecular weight excluding hydrogens is 176 g/mol. The Hall–Kier alpha value is -0.970. The summed E-state index contributed by atoms with van der Waals surface area (Å²) in [6.45, 7) is 3.99. The number of halogens is 2. The molecule has 3 nitrogen and oxygen atoms in total. The Morgan fingerprint density at radius 2 is 2.15 bits per heavy atom. The van der Waals surface area contributed by atoms with Gasteiger partial charge in [0.2, 0.25) is 0 Å². The van der Waals surface area contributed by atoms with Crippen LogP contribution < -0.4 is 5.73 Å². The van der Waals surface area contributed by atoms with Crippen molar-refractivity contribution in [2.24, 2.45) is 5.73 Å². The van der Waals surface area contributed by atoms with Crippen LogP contribution in [-0.4, -0.2) is 9.78 Å². The van der Waals surface area contributed by atoms with Crippen molar-refractivity contribution in [3.05, 3.63) is 17.5 Å². The maximum Gasteiger partial charge on any atom is 0.282 e. The van der Waals surface area contributed by atoms with E-state index in [0.717, 1.165) is 0 Å². The van der Waals surface area contributed by atoms with Crippen LogP contribution in [0.15, 0.2) is 6.07 Å². The van der Waals surface area contributed by atoms with Gasteiger partial charge in [0.1, 0.15) is 5.69 Å². The van der Waals surface area contributed by atoms with Gasteiger partial charge in [-0.1, -0.05) is 0 Å². The fraction of sp³-hybridized carbons (Fsp3) is 0.625. The lowest BCUT2D eigenvalue weighted by Crippen LogP contribution is -2.10. The fourth-order valence-corrected chi connectivity index (χ4v) is 1.16. The van der Waals surface area contributed by atoms with Gasteiger partial charge in [0.15, 0.2) is 0 Å². The molecule has 74 valence electrons. The summed E-state index contributed by atoms with van der Waals surface area (Å²) >= 11 is 0. The number of nitrogens with zero attached hydrogens (tertiary/aromatic N) is 2. The van der Waals surface area contributed by atoms with Crippen molar-refractivity contribution >= 4 is 0 Å². The van der Waals surface area contributed by atoms with E-state index in [1.807, 2.05) is 13.8 Å². The van der Waals surface area contributed by atoms with Gasteiger partial charge in [-0.25, -0.2) is 8.78 Å². The molecule has 0 saturated carbocycles. The second kappa shape index (κ2) is 3.83. The van der Waals surface area contributed by atoms with Crippen LogP contribution in [0.3, 0.4) is 0 Å². The molecule has 0 aliphatic rings. The van der Waals surface area contributed by atoms with Crippen molar-refractivity contribution in [2.45, 2.75) is 32.9 Å². The zero-order valence-corrected chi connectivity index (χ0v) is 7.67. The average Bonchev–Trinajstić information content (AvgIpc) is 2.47. The van der Waals surface area contributed by atoms with E-state index in [2.05, 4.69) is 5.10 Å². The quantitative estimate of drug-likeness (QED) is 0.788. The summed E-state index contributed by atoms with van der Waals surface area (Å²) in [6, 6.07) is 1.41. The van der Waals surface area contributed by atoms with Crippen LogP contribution in [0.2, 0.25) is 0 Å². The lowest BCUT2D eigenvalue weighted by atomic mass is 10.3. The Morgan fingerprint density at radius 3 is 2.46 bits per heavy atom. The minimum absolute atomic E-state index is 0.0612. The highest BCUT2D eigenvalue weighted by Crippen LogP contribution is 2.20. The largest absolute Gasteiger partial charge is 0.325 e. The van der Waals surface area contributed by atoms with Gasteiger partial charge < -0.3 is 5.73 Å². The molecule has 1 rings (SSSR count). The predicted molar refractivity (Wildman–Crippen MR) is 45.5 cm³/mol. The van der Waals surface area contributed by atoms with Crippen molar-refractivity contribution in [2.75, 3.05) is 0 Å². The molecule has 1 heterocycles. The van der Waals surface area contributed by atoms with Gasteiger partial charge in [-0.15, -0.1) is 0 Å². The summed E-state index contributed by atoms with van der Waals surface area (Å²) in [6.07, 6.45) is -2.52. The molecule has 13 heavy (non-hydrogen) atoms. The Labute approximate surface area is 75.5 Å². The van der Waals surface area contributed by atoms with E-state index in [1.165, 1.54) is 10.7 Å². The number of hydrogen-bond acceptors (Lipinski definition) is 2. The Bertz CT molecular complexity index is 281. The second-order valence-electron chi connectivity index (χ2n) is 3.10. The third-order valence-corrected chi connectivity index (χ3v) is 1.75. The van der Waals surface area contributed by atoms with E-state index in [4.69, 9.17) is 5.73 Å². The first-order chi connectivity index (χ1) is 6.06. The number of aromatic nitrogens is 2. The first-order valence-electron chi connectivity index (χ1n) is 4.12. The molecule has 1 aromatic heterocycles. The molecule has 0 atom stereocenters. The van der Waals surface area contributed by atoms with Gasteiger partial charge in [0.05, 0.1) is 5.69 Å². The molecule has 0 bridgehead atoms. The van der Waals surface area contributed by atoms with Gasteiger partial charge in [0.25, 0.3) is 6.43 Å². The van der Waals surface area contributed by atoms with Crippen molar-refractivity contribution < 1.29 is 8.78 Å². The van der Waals surface area contributed by atoms with Crippen molar-refractivity contribution in [3.63, 3.8) is 0 Å². The SMILES string of the molecule is CC(C)n1nc(C(F)F)cc1CN. The van der Waals surface area contributed by atoms with Gasteiger partial charge in [-0.3, -0.25) is 4.68 Å². The average molecular weight is 189 g/mol. The van der Waals surface area contributed by atoms with Crippen molar-refractivity contribution in [3.8, 4) is 0 Å². The zero-order valence-electron chi connectivity index (χ0n) is 7.67. The van der Waals surface area contributed by atoms with E-state index in [0.29, 0.717) is 5.69 Å². The van der Waals surface area contributed by atoms with E-state index >= 15 is 0 Å². The van der Waals surface area contributed by atoms with Crippen molar-refractivity contribution in [1.29, 1.82) is 0 Å². The summed E-state index contributed by atoms with van der Waals surface area (Å²) in [5.41, 5.74) is 5.84. The van der Waals surface area contributed by atoms with Gasteiger partial charge in [0, 0.05) is 12.6 Å². The topological polar surface area (TPSA) is 43.8 Å². The molecule has 0 fully saturated rings. The highest BCUT2D eigenvalue weighted by Gasteiger charge is 2.15. The standard InChI is InChI=1S/C8H13F2N3/c1-5(2)13-6(4-11)3-7(12-13)8(9)10/h3,5,8H,4,11H2,1-2H3. The third kappa shape index (κ3) is 2.03. The molecular formula is C8H13F2N3. The van der Waals surface area contributed by atoms with Crippen LogP contribution in [0.1, 0.15) is 37.7 Å². The number of nitrogens with two attached hydrogens (primary N) is 1. The molecule has 2 N–H and O–H groups in total. The van der Waals surface area contributed by atoms with Crippen molar-refractivity contribution in [1.82, 2.24) is 9.78 Å². The minimum atomic E-state index is -2.52. The summed E-state index contributed by atoms with van der Waals surface area (Å²) in [7, 11) is 0. The Morgan fingerprint density at radius 1 is 1.54 bits per heavy atom. The first-order valence-corrected chi connectivity index (χ1v) is 4.12. The highest BCUT2D eigenvalue weighted by molar-refractivity contribution is 5.11. The molecule has 0 aliphatic heterocycles. The molecule has 0 amide bonds. The van der Waals surface area contributed by atoms with Gasteiger partial charge >= 0.3 is 0 Å². The third-order valence-electron chi connectivity index (χ3n) is 1.75. The van der Waals surface area contributed by atoms with Crippen LogP contribution in [0.5, 0.6) is 0 Å². The minimum Gasteiger partial charge on any atom is -0.325 e. The van der Waals surface area contributed by atoms with Gasteiger partial charge in [-0.05, 0) is 19.9 Å². The first kappa shape index (κ1) is 10.1. The Balaban J connectivity index is 3.04. The molecule has 0 spiro atoms. The lowest BCUT2D eigenvalue weighted by molar-refractivity contribution is 0.144. The second-order valence-corrected chi connectivity index (χ2v) is 3.10. The monoisotopic (exact) mass is 189 g/mol. The molecule has 0 unspecified atom stereocenters. The number of alkyl halides is 2. The summed E-state index contributed by atoms with van der Waals surface area (Å²) < 4.78 is 26.0. The van der Waals surface area contributed by atoms with E-state index in [-0.39, 0.29) is 18.3 Å². The number of rotatable bonds is 3. The molecule has 0 aliphatic carbocycles. The molecule has 5 heteroatoms. The number of hydrogen-bond donors (Lipinski definition) is 1.